The van der Waals surface area contributed by atoms with Gasteiger partial charge in [0.25, 0.3) is 17.5 Å². The number of non-ortho nitro benzene ring substituents is 1. The summed E-state index contributed by atoms with van der Waals surface area (Å²) < 4.78 is 5.52. The highest BCUT2D eigenvalue weighted by Crippen LogP contribution is 2.35. The van der Waals surface area contributed by atoms with E-state index in [1.54, 1.807) is 30.3 Å². The molecule has 2 aromatic rings. The number of nitro groups is 1. The second-order valence-corrected chi connectivity index (χ2v) is 9.62. The summed E-state index contributed by atoms with van der Waals surface area (Å²) in [7, 11) is 0. The Balaban J connectivity index is 1.62. The fraction of sp³-hybridized carbons (Fsp3) is 0.227. The Morgan fingerprint density at radius 3 is 2.68 bits per heavy atom. The Bertz CT molecular complexity index is 1230. The van der Waals surface area contributed by atoms with Crippen LogP contribution in [0.2, 0.25) is 5.02 Å². The molecule has 0 aliphatic carbocycles. The van der Waals surface area contributed by atoms with Crippen LogP contribution in [0.4, 0.5) is 11.4 Å². The predicted octanol–water partition coefficient (Wildman–Crippen LogP) is 3.94. The zero-order valence-electron chi connectivity index (χ0n) is 17.9. The van der Waals surface area contributed by atoms with Crippen molar-refractivity contribution < 1.29 is 19.2 Å². The number of amides is 2. The Labute approximate surface area is 209 Å². The number of halogens is 1. The fourth-order valence-electron chi connectivity index (χ4n) is 3.53. The minimum absolute atomic E-state index is 0.0962. The molecule has 4 rings (SSSR count). The lowest BCUT2D eigenvalue weighted by atomic mass is 10.1. The van der Waals surface area contributed by atoms with Crippen LogP contribution in [0.25, 0.3) is 6.08 Å². The molecule has 0 radical (unpaired) electrons. The van der Waals surface area contributed by atoms with Gasteiger partial charge in [-0.2, -0.15) is 5.01 Å². The molecule has 2 aliphatic rings. The van der Waals surface area contributed by atoms with Crippen LogP contribution in [0, 0.1) is 17.0 Å². The normalized spacial score (nSPS) is 17.4. The lowest BCUT2D eigenvalue weighted by molar-refractivity contribution is -0.384. The number of ether oxygens (including phenoxy) is 1. The number of nitrogens with one attached hydrogen (secondary N) is 1. The lowest BCUT2D eigenvalue weighted by Crippen LogP contribution is -2.44. The van der Waals surface area contributed by atoms with Gasteiger partial charge in [0.15, 0.2) is 4.32 Å². The number of thioether (sulfide) groups is 1. The van der Waals surface area contributed by atoms with E-state index in [2.05, 4.69) is 5.43 Å². The number of benzene rings is 2. The molecule has 0 spiro atoms. The number of hydrogen-bond donors (Lipinski definition) is 1. The van der Waals surface area contributed by atoms with Crippen LogP contribution in [0.5, 0.6) is 0 Å². The molecule has 2 heterocycles. The van der Waals surface area contributed by atoms with Crippen LogP contribution in [-0.4, -0.2) is 52.4 Å². The van der Waals surface area contributed by atoms with Crippen molar-refractivity contribution in [3.8, 4) is 0 Å². The number of thiocarbonyl (C=S) groups is 1. The van der Waals surface area contributed by atoms with E-state index in [0.717, 1.165) is 28.0 Å². The van der Waals surface area contributed by atoms with Crippen molar-refractivity contribution in [3.05, 3.63) is 73.1 Å². The number of hydrazine groups is 1. The molecule has 0 aromatic heterocycles. The maximum atomic E-state index is 13.1. The van der Waals surface area contributed by atoms with Gasteiger partial charge in [0.1, 0.15) is 0 Å². The fourth-order valence-corrected chi connectivity index (χ4v) is 5.03. The number of rotatable bonds is 5. The second kappa shape index (κ2) is 10.1. The molecule has 34 heavy (non-hydrogen) atoms. The van der Waals surface area contributed by atoms with Gasteiger partial charge in [0.2, 0.25) is 0 Å². The Kier molecular flexibility index (Phi) is 7.17. The first kappa shape index (κ1) is 24.1. The molecule has 2 aliphatic heterocycles. The molecular formula is C22H19ClN4O5S2. The minimum Gasteiger partial charge on any atom is -0.378 e. The van der Waals surface area contributed by atoms with Crippen LogP contribution in [0.1, 0.15) is 21.5 Å². The van der Waals surface area contributed by atoms with Crippen molar-refractivity contribution in [3.63, 3.8) is 0 Å². The summed E-state index contributed by atoms with van der Waals surface area (Å²) in [6.07, 6.45) is 1.56. The lowest BCUT2D eigenvalue weighted by Gasteiger charge is -2.30. The molecule has 9 nitrogen and oxygen atoms in total. The molecule has 0 bridgehead atoms. The maximum absolute atomic E-state index is 13.1. The Morgan fingerprint density at radius 1 is 1.26 bits per heavy atom. The molecule has 176 valence electrons. The van der Waals surface area contributed by atoms with E-state index in [-0.39, 0.29) is 25.5 Å². The summed E-state index contributed by atoms with van der Waals surface area (Å²) in [4.78, 5) is 38.9. The standard InChI is InChI=1S/C22H19ClN4O5S2/c1-13-2-4-16(17(23)10-13)20(28)24-26-21(29)19(34-22(26)33)12-14-11-15(27(30)31)3-5-18(14)25-6-8-32-9-7-25/h2-5,10-12H,6-9H2,1H3,(H,24,28)/b19-12-. The highest BCUT2D eigenvalue weighted by Gasteiger charge is 2.34. The van der Waals surface area contributed by atoms with E-state index in [1.807, 2.05) is 11.8 Å². The molecule has 2 amide bonds. The number of aryl methyl sites for hydroxylation is 1. The molecular weight excluding hydrogens is 500 g/mol. The van der Waals surface area contributed by atoms with Crippen molar-refractivity contribution in [1.29, 1.82) is 0 Å². The quantitative estimate of drug-likeness (QED) is 0.275. The molecule has 2 fully saturated rings. The Hall–Kier alpha value is -2.99. The van der Waals surface area contributed by atoms with Gasteiger partial charge in [-0.25, -0.2) is 0 Å². The van der Waals surface area contributed by atoms with E-state index in [4.69, 9.17) is 28.6 Å². The van der Waals surface area contributed by atoms with Crippen LogP contribution < -0.4 is 10.3 Å². The third kappa shape index (κ3) is 5.07. The van der Waals surface area contributed by atoms with Crippen LogP contribution in [-0.2, 0) is 9.53 Å². The van der Waals surface area contributed by atoms with E-state index >= 15 is 0 Å². The van der Waals surface area contributed by atoms with Gasteiger partial charge >= 0.3 is 0 Å². The smallest absolute Gasteiger partial charge is 0.285 e. The van der Waals surface area contributed by atoms with Crippen molar-refractivity contribution in [2.75, 3.05) is 31.2 Å². The summed E-state index contributed by atoms with van der Waals surface area (Å²) >= 11 is 12.5. The number of nitrogens with zero attached hydrogens (tertiary/aromatic N) is 3. The molecule has 2 saturated heterocycles. The van der Waals surface area contributed by atoms with Gasteiger partial charge in [-0.3, -0.25) is 25.1 Å². The van der Waals surface area contributed by atoms with Gasteiger partial charge in [-0.15, -0.1) is 0 Å². The largest absolute Gasteiger partial charge is 0.378 e. The van der Waals surface area contributed by atoms with E-state index in [9.17, 15) is 19.7 Å². The number of carbonyl (C=O) groups excluding carboxylic acids is 2. The van der Waals surface area contributed by atoms with Crippen molar-refractivity contribution in [2.45, 2.75) is 6.92 Å². The van der Waals surface area contributed by atoms with Crippen LogP contribution >= 0.6 is 35.6 Å². The first-order valence-electron chi connectivity index (χ1n) is 10.2. The van der Waals surface area contributed by atoms with Crippen molar-refractivity contribution >= 4 is 69.2 Å². The SMILES string of the molecule is Cc1ccc(C(=O)NN2C(=O)/C(=C/c3cc([N+](=O)[O-])ccc3N3CCOCC3)SC2=S)c(Cl)c1. The van der Waals surface area contributed by atoms with E-state index in [0.29, 0.717) is 31.9 Å². The zero-order chi connectivity index (χ0) is 24.4. The first-order chi connectivity index (χ1) is 16.2. The van der Waals surface area contributed by atoms with Crippen molar-refractivity contribution in [1.82, 2.24) is 10.4 Å². The van der Waals surface area contributed by atoms with Crippen LogP contribution in [0.15, 0.2) is 41.3 Å². The van der Waals surface area contributed by atoms with E-state index < -0.39 is 16.7 Å². The summed E-state index contributed by atoms with van der Waals surface area (Å²) in [6.45, 7) is 4.15. The summed E-state index contributed by atoms with van der Waals surface area (Å²) in [5, 5.41) is 12.6. The number of nitro benzene ring substituents is 1. The number of carbonyl (C=O) groups is 2. The van der Waals surface area contributed by atoms with Crippen molar-refractivity contribution in [2.24, 2.45) is 0 Å². The first-order valence-corrected chi connectivity index (χ1v) is 11.8. The van der Waals surface area contributed by atoms with Gasteiger partial charge in [-0.05, 0) is 49.0 Å². The molecule has 0 atom stereocenters. The molecule has 0 saturated carbocycles. The van der Waals surface area contributed by atoms with Gasteiger partial charge in [0.05, 0.1) is 33.6 Å². The summed E-state index contributed by atoms with van der Waals surface area (Å²) in [5.74, 6) is -1.11. The number of morpholine rings is 1. The third-order valence-corrected chi connectivity index (χ3v) is 6.85. The molecule has 0 unspecified atom stereocenters. The highest BCUT2D eigenvalue weighted by molar-refractivity contribution is 8.26. The average molecular weight is 519 g/mol. The average Bonchev–Trinajstić information content (AvgIpc) is 3.06. The topological polar surface area (TPSA) is 105 Å². The zero-order valence-corrected chi connectivity index (χ0v) is 20.3. The van der Waals surface area contributed by atoms with Crippen LogP contribution in [0.3, 0.4) is 0 Å². The van der Waals surface area contributed by atoms with Gasteiger partial charge in [-0.1, -0.05) is 29.4 Å². The predicted molar refractivity (Wildman–Crippen MR) is 135 cm³/mol. The monoisotopic (exact) mass is 518 g/mol. The Morgan fingerprint density at radius 2 is 2.00 bits per heavy atom. The summed E-state index contributed by atoms with van der Waals surface area (Å²) in [6, 6.07) is 9.47. The molecule has 12 heteroatoms. The maximum Gasteiger partial charge on any atom is 0.285 e. The van der Waals surface area contributed by atoms with Gasteiger partial charge < -0.3 is 9.64 Å². The van der Waals surface area contributed by atoms with Gasteiger partial charge in [0, 0.05) is 36.5 Å². The number of anilines is 1. The van der Waals surface area contributed by atoms with E-state index in [1.165, 1.54) is 12.1 Å². The summed E-state index contributed by atoms with van der Waals surface area (Å²) in [5.41, 5.74) is 4.75. The minimum atomic E-state index is -0.577. The third-order valence-electron chi connectivity index (χ3n) is 5.24. The molecule has 1 N–H and O–H groups in total. The number of hydrogen-bond acceptors (Lipinski definition) is 8. The molecule has 2 aromatic carbocycles. The second-order valence-electron chi connectivity index (χ2n) is 7.54. The highest BCUT2D eigenvalue weighted by atomic mass is 35.5.